The van der Waals surface area contributed by atoms with Crippen LogP contribution in [0, 0.1) is 5.92 Å². The molecule has 0 radical (unpaired) electrons. The molecule has 3 unspecified atom stereocenters. The first-order chi connectivity index (χ1) is 16.9. The highest BCUT2D eigenvalue weighted by atomic mass is 16.5. The van der Waals surface area contributed by atoms with Crippen molar-refractivity contribution >= 4 is 18.0 Å². The molecule has 8 nitrogen and oxygen atoms in total. The highest BCUT2D eigenvalue weighted by molar-refractivity contribution is 5.79. The molecule has 2 amide bonds. The number of aliphatic carboxylic acids is 1. The second kappa shape index (κ2) is 11.4. The van der Waals surface area contributed by atoms with E-state index in [-0.39, 0.29) is 49.8 Å². The first kappa shape index (κ1) is 24.7. The largest absolute Gasteiger partial charge is 0.479 e. The molecule has 1 saturated carbocycles. The fraction of sp³-hybridized carbons (Fsp3) is 0.444. The summed E-state index contributed by atoms with van der Waals surface area (Å²) in [4.78, 5) is 35.7. The van der Waals surface area contributed by atoms with E-state index >= 15 is 0 Å². The Morgan fingerprint density at radius 1 is 0.971 bits per heavy atom. The monoisotopic (exact) mass is 480 g/mol. The molecule has 4 N–H and O–H groups in total. The SMILES string of the molecule is O=C(CC1CCCCC1NC(=O)OCC1c2ccccc2-c2ccccc21)NCCC(O)C(=O)O. The van der Waals surface area contributed by atoms with Gasteiger partial charge in [-0.05, 0) is 41.0 Å². The van der Waals surface area contributed by atoms with Crippen molar-refractivity contribution in [2.45, 2.75) is 56.6 Å². The Morgan fingerprint density at radius 2 is 1.60 bits per heavy atom. The number of carbonyl (C=O) groups excluding carboxylic acids is 2. The van der Waals surface area contributed by atoms with E-state index in [1.807, 2.05) is 24.3 Å². The molecule has 0 saturated heterocycles. The minimum absolute atomic E-state index is 0.0118. The number of rotatable bonds is 9. The summed E-state index contributed by atoms with van der Waals surface area (Å²) in [5.74, 6) is -1.55. The standard InChI is InChI=1S/C27H32N2O6/c30-24(26(32)33)13-14-28-25(31)15-17-7-1-6-12-23(17)29-27(34)35-16-22-20-10-4-2-8-18(20)19-9-3-5-11-21(19)22/h2-5,8-11,17,22-24,30H,1,6-7,12-16H2,(H,28,31)(H,29,34)(H,32,33). The van der Waals surface area contributed by atoms with Gasteiger partial charge in [0.2, 0.25) is 5.91 Å². The molecule has 1 fully saturated rings. The lowest BCUT2D eigenvalue weighted by atomic mass is 9.82. The van der Waals surface area contributed by atoms with E-state index in [2.05, 4.69) is 34.9 Å². The number of carboxylic acids is 1. The van der Waals surface area contributed by atoms with Gasteiger partial charge in [0.25, 0.3) is 0 Å². The predicted octanol–water partition coefficient (Wildman–Crippen LogP) is 3.43. The zero-order chi connectivity index (χ0) is 24.8. The Kier molecular flexibility index (Phi) is 8.02. The molecule has 0 heterocycles. The average Bonchev–Trinajstić information content (AvgIpc) is 3.17. The number of hydrogen-bond acceptors (Lipinski definition) is 5. The van der Waals surface area contributed by atoms with Gasteiger partial charge in [-0.15, -0.1) is 0 Å². The van der Waals surface area contributed by atoms with Gasteiger partial charge in [0.15, 0.2) is 6.10 Å². The number of aliphatic hydroxyl groups excluding tert-OH is 1. The second-order valence-electron chi connectivity index (χ2n) is 9.32. The van der Waals surface area contributed by atoms with Crippen LogP contribution in [0.25, 0.3) is 11.1 Å². The summed E-state index contributed by atoms with van der Waals surface area (Å²) >= 11 is 0. The van der Waals surface area contributed by atoms with Gasteiger partial charge in [-0.2, -0.15) is 0 Å². The van der Waals surface area contributed by atoms with Crippen molar-refractivity contribution < 1.29 is 29.3 Å². The third-order valence-electron chi connectivity index (χ3n) is 7.03. The zero-order valence-corrected chi connectivity index (χ0v) is 19.6. The molecule has 0 aromatic heterocycles. The summed E-state index contributed by atoms with van der Waals surface area (Å²) < 4.78 is 5.68. The molecule has 4 rings (SSSR count). The molecule has 2 aliphatic rings. The van der Waals surface area contributed by atoms with Crippen LogP contribution in [0.15, 0.2) is 48.5 Å². The van der Waals surface area contributed by atoms with Crippen LogP contribution in [-0.2, 0) is 14.3 Å². The topological polar surface area (TPSA) is 125 Å². The molecule has 0 bridgehead atoms. The lowest BCUT2D eigenvalue weighted by Crippen LogP contribution is -2.44. The highest BCUT2D eigenvalue weighted by Crippen LogP contribution is 2.44. The summed E-state index contributed by atoms with van der Waals surface area (Å²) in [7, 11) is 0. The van der Waals surface area contributed by atoms with Gasteiger partial charge in [-0.1, -0.05) is 61.4 Å². The van der Waals surface area contributed by atoms with Crippen LogP contribution in [0.5, 0.6) is 0 Å². The number of carbonyl (C=O) groups is 3. The number of alkyl carbamates (subject to hydrolysis) is 1. The quantitative estimate of drug-likeness (QED) is 0.436. The maximum atomic E-state index is 12.7. The Bertz CT molecular complexity index is 1030. The van der Waals surface area contributed by atoms with Gasteiger partial charge in [-0.3, -0.25) is 4.79 Å². The maximum absolute atomic E-state index is 12.7. The number of carboxylic acid groups (broad SMARTS) is 1. The second-order valence-corrected chi connectivity index (χ2v) is 9.32. The molecular weight excluding hydrogens is 448 g/mol. The summed E-state index contributed by atoms with van der Waals surface area (Å²) in [6.07, 6.45) is 1.77. The fourth-order valence-corrected chi connectivity index (χ4v) is 5.22. The van der Waals surface area contributed by atoms with E-state index in [1.54, 1.807) is 0 Å². The van der Waals surface area contributed by atoms with Gasteiger partial charge in [-0.25, -0.2) is 9.59 Å². The number of nitrogens with one attached hydrogen (secondary N) is 2. The molecule has 0 spiro atoms. The Balaban J connectivity index is 1.29. The van der Waals surface area contributed by atoms with E-state index in [9.17, 15) is 19.5 Å². The number of hydrogen-bond donors (Lipinski definition) is 4. The first-order valence-corrected chi connectivity index (χ1v) is 12.2. The average molecular weight is 481 g/mol. The molecule has 3 atom stereocenters. The molecule has 186 valence electrons. The third-order valence-corrected chi connectivity index (χ3v) is 7.03. The van der Waals surface area contributed by atoms with Crippen LogP contribution in [0.4, 0.5) is 4.79 Å². The minimum atomic E-state index is -1.49. The number of ether oxygens (including phenoxy) is 1. The van der Waals surface area contributed by atoms with Crippen molar-refractivity contribution in [3.63, 3.8) is 0 Å². The van der Waals surface area contributed by atoms with Crippen molar-refractivity contribution in [1.29, 1.82) is 0 Å². The lowest BCUT2D eigenvalue weighted by Gasteiger charge is -2.31. The van der Waals surface area contributed by atoms with Gasteiger partial charge in [0.1, 0.15) is 6.61 Å². The van der Waals surface area contributed by atoms with Crippen LogP contribution < -0.4 is 10.6 Å². The van der Waals surface area contributed by atoms with Crippen molar-refractivity contribution in [2.75, 3.05) is 13.2 Å². The maximum Gasteiger partial charge on any atom is 0.407 e. The number of benzene rings is 2. The van der Waals surface area contributed by atoms with Crippen molar-refractivity contribution in [2.24, 2.45) is 5.92 Å². The molecule has 0 aliphatic heterocycles. The van der Waals surface area contributed by atoms with Crippen LogP contribution in [0.3, 0.4) is 0 Å². The Hall–Kier alpha value is -3.39. The fourth-order valence-electron chi connectivity index (χ4n) is 5.22. The summed E-state index contributed by atoms with van der Waals surface area (Å²) in [6.45, 7) is 0.327. The van der Waals surface area contributed by atoms with Crippen LogP contribution in [-0.4, -0.2) is 53.5 Å². The van der Waals surface area contributed by atoms with E-state index in [0.717, 1.165) is 36.8 Å². The van der Waals surface area contributed by atoms with E-state index in [1.165, 1.54) is 11.1 Å². The molecule has 8 heteroatoms. The summed E-state index contributed by atoms with van der Waals surface area (Å²) in [5.41, 5.74) is 4.65. The Morgan fingerprint density at radius 3 is 2.26 bits per heavy atom. The first-order valence-electron chi connectivity index (χ1n) is 12.2. The molecule has 35 heavy (non-hydrogen) atoms. The van der Waals surface area contributed by atoms with Crippen molar-refractivity contribution in [3.8, 4) is 11.1 Å². The summed E-state index contributed by atoms with van der Waals surface area (Å²) in [6, 6.07) is 16.2. The summed E-state index contributed by atoms with van der Waals surface area (Å²) in [5, 5.41) is 23.7. The number of aliphatic hydroxyl groups is 1. The lowest BCUT2D eigenvalue weighted by molar-refractivity contribution is -0.147. The number of fused-ring (bicyclic) bond motifs is 3. The smallest absolute Gasteiger partial charge is 0.407 e. The minimum Gasteiger partial charge on any atom is -0.479 e. The van der Waals surface area contributed by atoms with E-state index in [0.29, 0.717) is 0 Å². The van der Waals surface area contributed by atoms with Gasteiger partial charge >= 0.3 is 12.1 Å². The van der Waals surface area contributed by atoms with E-state index < -0.39 is 18.2 Å². The van der Waals surface area contributed by atoms with Crippen LogP contribution in [0.1, 0.15) is 55.6 Å². The highest BCUT2D eigenvalue weighted by Gasteiger charge is 2.31. The van der Waals surface area contributed by atoms with Crippen molar-refractivity contribution in [3.05, 3.63) is 59.7 Å². The zero-order valence-electron chi connectivity index (χ0n) is 19.6. The normalized spacial score (nSPS) is 19.8. The van der Waals surface area contributed by atoms with Gasteiger partial charge in [0, 0.05) is 31.3 Å². The van der Waals surface area contributed by atoms with Gasteiger partial charge in [0.05, 0.1) is 0 Å². The third kappa shape index (κ3) is 6.00. The van der Waals surface area contributed by atoms with Crippen molar-refractivity contribution in [1.82, 2.24) is 10.6 Å². The number of amides is 2. The van der Waals surface area contributed by atoms with Gasteiger partial charge < -0.3 is 25.6 Å². The van der Waals surface area contributed by atoms with Crippen LogP contribution in [0.2, 0.25) is 0 Å². The Labute approximate surface area is 204 Å². The predicted molar refractivity (Wildman–Crippen MR) is 130 cm³/mol. The molecule has 2 aromatic carbocycles. The van der Waals surface area contributed by atoms with E-state index in [4.69, 9.17) is 9.84 Å². The van der Waals surface area contributed by atoms with Crippen LogP contribution >= 0.6 is 0 Å². The molecular formula is C27H32N2O6. The molecule has 2 aliphatic carbocycles. The molecule has 2 aromatic rings.